The van der Waals surface area contributed by atoms with Gasteiger partial charge in [-0.25, -0.2) is 0 Å². The van der Waals surface area contributed by atoms with Crippen LogP contribution in [0, 0.1) is 0 Å². The fourth-order valence-corrected chi connectivity index (χ4v) is 7.03. The van der Waals surface area contributed by atoms with E-state index in [2.05, 4.69) is 26.0 Å². The highest BCUT2D eigenvalue weighted by Crippen LogP contribution is 2.38. The zero-order chi connectivity index (χ0) is 39.1. The maximum Gasteiger partial charge on any atom is 0.306 e. The molecular weight excluding hydrogens is 685 g/mol. The van der Waals surface area contributed by atoms with Crippen molar-refractivity contribution in [3.63, 3.8) is 0 Å². The fraction of sp³-hybridized carbons (Fsp3) is 0.932. The predicted octanol–water partition coefficient (Wildman–Crippen LogP) is 12.4. The summed E-state index contributed by atoms with van der Waals surface area (Å²) in [6.45, 7) is 5.41. The van der Waals surface area contributed by atoms with E-state index < -0.39 is 13.9 Å². The molecule has 0 amide bonds. The van der Waals surface area contributed by atoms with Gasteiger partial charge in [0.05, 0.1) is 34.4 Å². The fourth-order valence-electron chi connectivity index (χ4n) is 6.31. The monoisotopic (exact) mass is 774 g/mol. The van der Waals surface area contributed by atoms with E-state index in [-0.39, 0.29) is 25.8 Å². The minimum atomic E-state index is -4.52. The second-order valence-electron chi connectivity index (χ2n) is 16.4. The summed E-state index contributed by atoms with van der Waals surface area (Å²) >= 11 is 0. The minimum absolute atomic E-state index is 0.0281. The summed E-state index contributed by atoms with van der Waals surface area (Å²) in [7, 11) is 1.36. The highest BCUT2D eigenvalue weighted by Gasteiger charge is 2.20. The van der Waals surface area contributed by atoms with Gasteiger partial charge in [-0.3, -0.25) is 9.36 Å². The van der Waals surface area contributed by atoms with Crippen molar-refractivity contribution in [1.29, 1.82) is 0 Å². The number of unbranched alkanes of at least 4 members (excludes halogenated alkanes) is 26. The average Bonchev–Trinajstić information content (AvgIpc) is 3.11. The lowest BCUT2D eigenvalue weighted by Crippen LogP contribution is -2.37. The Morgan fingerprint density at radius 2 is 0.981 bits per heavy atom. The number of allylic oxidation sites excluding steroid dienone is 2. The smallest absolute Gasteiger partial charge is 0.306 e. The molecule has 2 unspecified atom stereocenters. The van der Waals surface area contributed by atoms with Crippen LogP contribution >= 0.6 is 7.82 Å². The number of hydrogen-bond donors (Lipinski definition) is 0. The molecule has 8 nitrogen and oxygen atoms in total. The Kier molecular flexibility index (Phi) is 37.6. The van der Waals surface area contributed by atoms with Crippen LogP contribution < -0.4 is 4.89 Å². The SMILES string of the molecule is CCCCC/C=C\CCCCCCCCOCC(COP(=O)([O-])OCC[N+](C)(C)C)OC(=O)CCCCCCCCCCCCCCCCCCCC. The molecule has 0 aromatic carbocycles. The normalized spacial score (nSPS) is 13.8. The largest absolute Gasteiger partial charge is 0.756 e. The first-order valence-corrected chi connectivity index (χ1v) is 23.9. The van der Waals surface area contributed by atoms with Crippen molar-refractivity contribution in [3.8, 4) is 0 Å². The second-order valence-corrected chi connectivity index (χ2v) is 17.8. The van der Waals surface area contributed by atoms with Crippen LogP contribution in [0.15, 0.2) is 12.2 Å². The number of rotatable bonds is 42. The highest BCUT2D eigenvalue weighted by molar-refractivity contribution is 7.45. The maximum absolute atomic E-state index is 12.7. The zero-order valence-corrected chi connectivity index (χ0v) is 36.6. The van der Waals surface area contributed by atoms with Crippen molar-refractivity contribution in [2.45, 2.75) is 213 Å². The lowest BCUT2D eigenvalue weighted by Gasteiger charge is -2.28. The van der Waals surface area contributed by atoms with Crippen LogP contribution in [0.2, 0.25) is 0 Å². The van der Waals surface area contributed by atoms with Gasteiger partial charge in [0.2, 0.25) is 0 Å². The molecule has 0 N–H and O–H groups in total. The summed E-state index contributed by atoms with van der Waals surface area (Å²) < 4.78 is 34.6. The zero-order valence-electron chi connectivity index (χ0n) is 35.7. The van der Waals surface area contributed by atoms with E-state index in [1.54, 1.807) is 0 Å². The standard InChI is InChI=1S/C44H88NO7P/c1-6-8-10-12-14-16-18-20-21-22-23-24-25-27-29-31-33-35-37-44(46)52-43(42-51-53(47,48)50-40-38-45(3,4)5)41-49-39-36-34-32-30-28-26-19-17-15-13-11-9-7-2/h15,17,43H,6-14,16,18-42H2,1-5H3/b17-15-. The Morgan fingerprint density at radius 3 is 1.47 bits per heavy atom. The van der Waals surface area contributed by atoms with Crippen LogP contribution in [0.4, 0.5) is 0 Å². The molecule has 316 valence electrons. The Morgan fingerprint density at radius 1 is 0.566 bits per heavy atom. The van der Waals surface area contributed by atoms with Gasteiger partial charge >= 0.3 is 5.97 Å². The molecule has 0 rings (SSSR count). The van der Waals surface area contributed by atoms with Crippen molar-refractivity contribution < 1.29 is 37.3 Å². The summed E-state index contributed by atoms with van der Waals surface area (Å²) in [5.41, 5.74) is 0. The van der Waals surface area contributed by atoms with Gasteiger partial charge in [-0.15, -0.1) is 0 Å². The van der Waals surface area contributed by atoms with E-state index in [0.29, 0.717) is 24.1 Å². The molecule has 0 fully saturated rings. The van der Waals surface area contributed by atoms with Gasteiger partial charge in [-0.05, 0) is 38.5 Å². The summed E-state index contributed by atoms with van der Waals surface area (Å²) in [6, 6.07) is 0. The molecule has 0 aromatic heterocycles. The topological polar surface area (TPSA) is 94.1 Å². The molecule has 53 heavy (non-hydrogen) atoms. The summed E-state index contributed by atoms with van der Waals surface area (Å²) in [5.74, 6) is -0.332. The van der Waals surface area contributed by atoms with Crippen molar-refractivity contribution in [2.24, 2.45) is 0 Å². The molecule has 0 saturated carbocycles. The van der Waals surface area contributed by atoms with E-state index in [4.69, 9.17) is 18.5 Å². The van der Waals surface area contributed by atoms with Gasteiger partial charge in [0.1, 0.15) is 19.3 Å². The summed E-state index contributed by atoms with van der Waals surface area (Å²) in [6.07, 6.45) is 40.7. The average molecular weight is 774 g/mol. The van der Waals surface area contributed by atoms with Crippen molar-refractivity contribution in [2.75, 3.05) is 54.1 Å². The molecule has 2 atom stereocenters. The number of nitrogens with zero attached hydrogens (tertiary/aromatic N) is 1. The van der Waals surface area contributed by atoms with Gasteiger partial charge in [0.15, 0.2) is 0 Å². The Hall–Kier alpha value is -0.760. The number of phosphoric ester groups is 1. The molecular formula is C44H88NO7P. The van der Waals surface area contributed by atoms with Gasteiger partial charge in [0.25, 0.3) is 7.82 Å². The predicted molar refractivity (Wildman–Crippen MR) is 222 cm³/mol. The Bertz CT molecular complexity index is 863. The minimum Gasteiger partial charge on any atom is -0.756 e. The van der Waals surface area contributed by atoms with Gasteiger partial charge in [-0.1, -0.05) is 174 Å². The maximum atomic E-state index is 12.7. The number of ether oxygens (including phenoxy) is 2. The molecule has 0 radical (unpaired) electrons. The number of carbonyl (C=O) groups excluding carboxylic acids is 1. The molecule has 0 bridgehead atoms. The van der Waals surface area contributed by atoms with Gasteiger partial charge in [-0.2, -0.15) is 0 Å². The van der Waals surface area contributed by atoms with Crippen LogP contribution in [0.3, 0.4) is 0 Å². The van der Waals surface area contributed by atoms with Crippen molar-refractivity contribution in [3.05, 3.63) is 12.2 Å². The quantitative estimate of drug-likeness (QED) is 0.0200. The molecule has 0 heterocycles. The molecule has 9 heteroatoms. The highest BCUT2D eigenvalue weighted by atomic mass is 31.2. The number of esters is 1. The molecule has 0 aromatic rings. The van der Waals surface area contributed by atoms with E-state index in [1.807, 2.05) is 21.1 Å². The molecule has 0 aliphatic heterocycles. The first-order chi connectivity index (χ1) is 25.6. The third kappa shape index (κ3) is 42.2. The van der Waals surface area contributed by atoms with Crippen molar-refractivity contribution >= 4 is 13.8 Å². The Balaban J connectivity index is 4.17. The van der Waals surface area contributed by atoms with Crippen LogP contribution in [-0.4, -0.2) is 70.7 Å². The lowest BCUT2D eigenvalue weighted by molar-refractivity contribution is -0.870. The van der Waals surface area contributed by atoms with Crippen LogP contribution in [0.5, 0.6) is 0 Å². The van der Waals surface area contributed by atoms with Crippen molar-refractivity contribution in [1.82, 2.24) is 0 Å². The summed E-state index contributed by atoms with van der Waals surface area (Å²) in [4.78, 5) is 25.0. The van der Waals surface area contributed by atoms with Crippen LogP contribution in [0.1, 0.15) is 206 Å². The molecule has 0 saturated heterocycles. The van der Waals surface area contributed by atoms with Gasteiger partial charge in [0, 0.05) is 13.0 Å². The number of likely N-dealkylation sites (N-methyl/N-ethyl adjacent to an activating group) is 1. The number of quaternary nitrogens is 1. The van der Waals surface area contributed by atoms with E-state index in [1.165, 1.54) is 154 Å². The van der Waals surface area contributed by atoms with Gasteiger partial charge < -0.3 is 27.9 Å². The molecule has 0 spiro atoms. The first kappa shape index (κ1) is 52.2. The number of hydrogen-bond acceptors (Lipinski definition) is 7. The van der Waals surface area contributed by atoms with Crippen LogP contribution in [-0.2, 0) is 27.9 Å². The molecule has 0 aliphatic carbocycles. The van der Waals surface area contributed by atoms with E-state index in [0.717, 1.165) is 32.1 Å². The summed E-state index contributed by atoms with van der Waals surface area (Å²) in [5, 5.41) is 0. The van der Waals surface area contributed by atoms with E-state index in [9.17, 15) is 14.3 Å². The Labute approximate surface area is 329 Å². The van der Waals surface area contributed by atoms with E-state index >= 15 is 0 Å². The second kappa shape index (κ2) is 38.1. The first-order valence-electron chi connectivity index (χ1n) is 22.4. The third-order valence-corrected chi connectivity index (χ3v) is 10.8. The number of carbonyl (C=O) groups is 1. The lowest BCUT2D eigenvalue weighted by atomic mass is 10.0. The van der Waals surface area contributed by atoms with Crippen LogP contribution in [0.25, 0.3) is 0 Å². The third-order valence-electron chi connectivity index (χ3n) is 9.82. The molecule has 0 aliphatic rings. The number of phosphoric acid groups is 1.